The third-order valence-corrected chi connectivity index (χ3v) is 9.12. The zero-order valence-corrected chi connectivity index (χ0v) is 17.0. The molecule has 0 aliphatic carbocycles. The zero-order valence-electron chi connectivity index (χ0n) is 16.0. The Bertz CT molecular complexity index is 745. The fourth-order valence-corrected chi connectivity index (χ4v) is 2.73. The summed E-state index contributed by atoms with van der Waals surface area (Å²) in [4.78, 5) is 24.1. The third-order valence-electron chi connectivity index (χ3n) is 4.57. The van der Waals surface area contributed by atoms with E-state index in [1.807, 2.05) is 0 Å². The lowest BCUT2D eigenvalue weighted by Crippen LogP contribution is -2.42. The maximum absolute atomic E-state index is 13.8. The van der Waals surface area contributed by atoms with Crippen molar-refractivity contribution in [2.45, 2.75) is 51.4 Å². The first-order valence-corrected chi connectivity index (χ1v) is 11.2. The molecular weight excluding hydrogens is 356 g/mol. The SMILES string of the molecule is COC(=O)[C@H](CC#C[Si](C)(C)C(C)(C)C)NC(=O)c1cccc(F)c1F. The van der Waals surface area contributed by atoms with E-state index in [-0.39, 0.29) is 11.5 Å². The predicted octanol–water partition coefficient (Wildman–Crippen LogP) is 3.68. The maximum atomic E-state index is 13.8. The van der Waals surface area contributed by atoms with Crippen LogP contribution in [0.5, 0.6) is 0 Å². The van der Waals surface area contributed by atoms with Gasteiger partial charge in [-0.15, -0.1) is 11.5 Å². The van der Waals surface area contributed by atoms with E-state index >= 15 is 0 Å². The van der Waals surface area contributed by atoms with Crippen molar-refractivity contribution in [3.8, 4) is 11.5 Å². The average Bonchev–Trinajstić information content (AvgIpc) is 2.54. The molecule has 7 heteroatoms. The van der Waals surface area contributed by atoms with Crippen molar-refractivity contribution in [2.75, 3.05) is 7.11 Å². The minimum Gasteiger partial charge on any atom is -0.467 e. The summed E-state index contributed by atoms with van der Waals surface area (Å²) < 4.78 is 31.7. The van der Waals surface area contributed by atoms with E-state index in [2.05, 4.69) is 55.4 Å². The van der Waals surface area contributed by atoms with E-state index in [1.54, 1.807) is 0 Å². The minimum absolute atomic E-state index is 0.0296. The van der Waals surface area contributed by atoms with Crippen LogP contribution in [0.1, 0.15) is 37.6 Å². The summed E-state index contributed by atoms with van der Waals surface area (Å²) in [6, 6.07) is 2.21. The molecule has 4 nitrogen and oxygen atoms in total. The van der Waals surface area contributed by atoms with Gasteiger partial charge in [-0.3, -0.25) is 4.79 Å². The lowest BCUT2D eigenvalue weighted by Gasteiger charge is -2.31. The van der Waals surface area contributed by atoms with Gasteiger partial charge in [0.25, 0.3) is 5.91 Å². The molecule has 26 heavy (non-hydrogen) atoms. The van der Waals surface area contributed by atoms with Crippen molar-refractivity contribution >= 4 is 20.0 Å². The number of rotatable bonds is 4. The number of hydrogen-bond acceptors (Lipinski definition) is 3. The number of methoxy groups -OCH3 is 1. The van der Waals surface area contributed by atoms with Crippen LogP contribution in [0.3, 0.4) is 0 Å². The molecule has 1 N–H and O–H groups in total. The Morgan fingerprint density at radius 3 is 2.42 bits per heavy atom. The number of amides is 1. The van der Waals surface area contributed by atoms with Crippen molar-refractivity contribution in [2.24, 2.45) is 0 Å². The van der Waals surface area contributed by atoms with Gasteiger partial charge in [0, 0.05) is 6.42 Å². The van der Waals surface area contributed by atoms with E-state index in [0.717, 1.165) is 12.1 Å². The molecule has 1 aromatic rings. The van der Waals surface area contributed by atoms with Gasteiger partial charge in [-0.2, -0.15) is 0 Å². The standard InChI is InChI=1S/C19H25F2NO3Si/c1-19(2,3)26(5,6)12-8-11-15(18(24)25-4)22-17(23)13-9-7-10-14(20)16(13)21/h7,9-10,15H,11H2,1-6H3,(H,22,23)/t15-/m0/s1. The van der Waals surface area contributed by atoms with Crippen molar-refractivity contribution in [3.63, 3.8) is 0 Å². The minimum atomic E-state index is -1.87. The molecule has 1 atom stereocenters. The van der Waals surface area contributed by atoms with Gasteiger partial charge in [0.2, 0.25) is 0 Å². The summed E-state index contributed by atoms with van der Waals surface area (Å²) in [5, 5.41) is 2.42. The van der Waals surface area contributed by atoms with Crippen LogP contribution < -0.4 is 5.32 Å². The fourth-order valence-electron chi connectivity index (χ4n) is 1.81. The van der Waals surface area contributed by atoms with E-state index in [0.29, 0.717) is 0 Å². The smallest absolute Gasteiger partial charge is 0.329 e. The first-order valence-electron chi connectivity index (χ1n) is 8.23. The van der Waals surface area contributed by atoms with Crippen LogP contribution in [-0.2, 0) is 9.53 Å². The normalized spacial score (nSPS) is 12.6. The molecule has 0 fully saturated rings. The summed E-state index contributed by atoms with van der Waals surface area (Å²) >= 11 is 0. The molecule has 1 rings (SSSR count). The van der Waals surface area contributed by atoms with Crippen molar-refractivity contribution in [1.82, 2.24) is 5.32 Å². The summed E-state index contributed by atoms with van der Waals surface area (Å²) in [5.74, 6) is -1.03. The molecule has 142 valence electrons. The number of carbonyl (C=O) groups is 2. The predicted molar refractivity (Wildman–Crippen MR) is 99.2 cm³/mol. The number of carbonyl (C=O) groups excluding carboxylic acids is 2. The van der Waals surface area contributed by atoms with Crippen molar-refractivity contribution in [1.29, 1.82) is 0 Å². The van der Waals surface area contributed by atoms with Crippen LogP contribution in [0.2, 0.25) is 18.1 Å². The van der Waals surface area contributed by atoms with Crippen LogP contribution in [0, 0.1) is 23.1 Å². The highest BCUT2D eigenvalue weighted by molar-refractivity contribution is 6.87. The summed E-state index contributed by atoms with van der Waals surface area (Å²) in [7, 11) is -0.686. The lowest BCUT2D eigenvalue weighted by atomic mass is 10.1. The number of halogens is 2. The molecule has 0 spiro atoms. The Hall–Kier alpha value is -2.20. The van der Waals surface area contributed by atoms with Crippen LogP contribution in [0.25, 0.3) is 0 Å². The Balaban J connectivity index is 2.98. The molecule has 1 aromatic carbocycles. The van der Waals surface area contributed by atoms with Crippen LogP contribution >= 0.6 is 0 Å². The molecule has 0 saturated heterocycles. The highest BCUT2D eigenvalue weighted by Gasteiger charge is 2.33. The number of nitrogens with one attached hydrogen (secondary N) is 1. The zero-order chi connectivity index (χ0) is 20.1. The summed E-state index contributed by atoms with van der Waals surface area (Å²) in [6.45, 7) is 10.6. The third kappa shape index (κ3) is 5.40. The van der Waals surface area contributed by atoms with Gasteiger partial charge in [0.1, 0.15) is 14.1 Å². The Labute approximate surface area is 154 Å². The Morgan fingerprint density at radius 2 is 1.88 bits per heavy atom. The van der Waals surface area contributed by atoms with E-state index < -0.39 is 43.2 Å². The van der Waals surface area contributed by atoms with Gasteiger partial charge in [-0.05, 0) is 17.2 Å². The number of ether oxygens (including phenoxy) is 1. The molecule has 0 bridgehead atoms. The van der Waals surface area contributed by atoms with Crippen molar-refractivity contribution < 1.29 is 23.1 Å². The molecule has 0 radical (unpaired) electrons. The summed E-state index contributed by atoms with van der Waals surface area (Å²) in [5.41, 5.74) is 2.76. The van der Waals surface area contributed by atoms with Crippen LogP contribution in [-0.4, -0.2) is 33.1 Å². The van der Waals surface area contributed by atoms with Gasteiger partial charge >= 0.3 is 5.97 Å². The number of hydrogen-bond donors (Lipinski definition) is 1. The number of benzene rings is 1. The van der Waals surface area contributed by atoms with Crippen LogP contribution in [0.15, 0.2) is 18.2 Å². The molecule has 0 saturated carbocycles. The summed E-state index contributed by atoms with van der Waals surface area (Å²) in [6.07, 6.45) is 0.0296. The first kappa shape index (κ1) is 21.8. The quantitative estimate of drug-likeness (QED) is 0.492. The molecule has 0 aliphatic heterocycles. The van der Waals surface area contributed by atoms with Gasteiger partial charge in [-0.25, -0.2) is 13.6 Å². The van der Waals surface area contributed by atoms with Gasteiger partial charge < -0.3 is 10.1 Å². The van der Waals surface area contributed by atoms with Gasteiger partial charge in [0.15, 0.2) is 11.6 Å². The molecular formula is C19H25F2NO3Si. The molecule has 0 aliphatic rings. The van der Waals surface area contributed by atoms with Gasteiger partial charge in [-0.1, -0.05) is 39.9 Å². The topological polar surface area (TPSA) is 55.4 Å². The Kier molecular flexibility index (Phi) is 7.10. The van der Waals surface area contributed by atoms with E-state index in [9.17, 15) is 18.4 Å². The number of esters is 1. The van der Waals surface area contributed by atoms with E-state index in [4.69, 9.17) is 0 Å². The fraction of sp³-hybridized carbons (Fsp3) is 0.474. The largest absolute Gasteiger partial charge is 0.467 e. The second-order valence-electron chi connectivity index (χ2n) is 7.53. The molecule has 0 aromatic heterocycles. The average molecular weight is 381 g/mol. The van der Waals surface area contributed by atoms with Crippen LogP contribution in [0.4, 0.5) is 8.78 Å². The second-order valence-corrected chi connectivity index (χ2v) is 12.5. The molecule has 1 amide bonds. The van der Waals surface area contributed by atoms with Crippen molar-refractivity contribution in [3.05, 3.63) is 35.4 Å². The molecule has 0 unspecified atom stereocenters. The Morgan fingerprint density at radius 1 is 1.27 bits per heavy atom. The second kappa shape index (κ2) is 8.45. The molecule has 0 heterocycles. The monoisotopic (exact) mass is 381 g/mol. The first-order chi connectivity index (χ1) is 11.9. The maximum Gasteiger partial charge on any atom is 0.329 e. The highest BCUT2D eigenvalue weighted by Crippen LogP contribution is 2.35. The highest BCUT2D eigenvalue weighted by atomic mass is 28.3. The van der Waals surface area contributed by atoms with Gasteiger partial charge in [0.05, 0.1) is 12.7 Å². The lowest BCUT2D eigenvalue weighted by molar-refractivity contribution is -0.142. The van der Waals surface area contributed by atoms with E-state index in [1.165, 1.54) is 13.2 Å².